The van der Waals surface area contributed by atoms with Gasteiger partial charge >= 0.3 is 17.9 Å². The van der Waals surface area contributed by atoms with Gasteiger partial charge in [-0.25, -0.2) is 0 Å². The molecular formula is C62H65NO16. The second kappa shape index (κ2) is 22.1. The Morgan fingerprint density at radius 3 is 0.886 bits per heavy atom. The first-order chi connectivity index (χ1) is 38.4. The first kappa shape index (κ1) is 53.1. The van der Waals surface area contributed by atoms with Crippen molar-refractivity contribution < 1.29 is 76.1 Å². The average Bonchev–Trinajstić information content (AvgIpc) is 3.88. The molecule has 6 aliphatic rings. The monoisotopic (exact) mass is 1080 g/mol. The molecule has 11 rings (SSSR count). The van der Waals surface area contributed by atoms with Gasteiger partial charge in [0.1, 0.15) is 65.8 Å². The van der Waals surface area contributed by atoms with E-state index in [1.165, 1.54) is 25.7 Å². The first-order valence-corrected chi connectivity index (χ1v) is 27.5. The van der Waals surface area contributed by atoms with Crippen molar-refractivity contribution in [1.82, 2.24) is 4.90 Å². The van der Waals surface area contributed by atoms with Gasteiger partial charge in [-0.1, -0.05) is 65.5 Å². The van der Waals surface area contributed by atoms with E-state index in [0.717, 1.165) is 44.5 Å². The fourth-order valence-corrected chi connectivity index (χ4v) is 12.7. The minimum atomic E-state index is -0.504. The largest absolute Gasteiger partial charge is 0.461 e. The van der Waals surface area contributed by atoms with Crippen molar-refractivity contribution in [1.29, 1.82) is 0 Å². The number of carbonyl (C=O) groups excluding carboxylic acids is 5. The van der Waals surface area contributed by atoms with Crippen molar-refractivity contribution in [2.24, 2.45) is 0 Å². The average molecular weight is 1080 g/mol. The van der Waals surface area contributed by atoms with E-state index in [1.807, 2.05) is 0 Å². The van der Waals surface area contributed by atoms with Crippen LogP contribution in [0.2, 0.25) is 0 Å². The third kappa shape index (κ3) is 9.37. The molecular weight excluding hydrogens is 1010 g/mol. The van der Waals surface area contributed by atoms with E-state index in [1.54, 1.807) is 24.3 Å². The highest BCUT2D eigenvalue weighted by Gasteiger charge is 2.44. The number of rotatable bonds is 16. The lowest BCUT2D eigenvalue weighted by atomic mass is 9.74. The molecule has 4 atom stereocenters. The van der Waals surface area contributed by atoms with Crippen LogP contribution in [0.5, 0.6) is 46.0 Å². The predicted octanol–water partition coefficient (Wildman–Crippen LogP) is 11.6. The predicted molar refractivity (Wildman–Crippen MR) is 284 cm³/mol. The van der Waals surface area contributed by atoms with Gasteiger partial charge in [0.05, 0.1) is 39.9 Å². The summed E-state index contributed by atoms with van der Waals surface area (Å²) in [7, 11) is 0. The maximum absolute atomic E-state index is 14.5. The Balaban J connectivity index is 1.31. The molecule has 5 heterocycles. The Morgan fingerprint density at radius 1 is 0.418 bits per heavy atom. The molecule has 0 N–H and O–H groups in total. The number of fused-ring (bicyclic) bond motifs is 1. The molecule has 0 saturated heterocycles. The van der Waals surface area contributed by atoms with Crippen LogP contribution in [0.25, 0.3) is 0 Å². The smallest absolute Gasteiger partial charge is 0.302 e. The molecule has 17 heteroatoms. The molecule has 5 aromatic rings. The molecule has 79 heavy (non-hydrogen) atoms. The van der Waals surface area contributed by atoms with Crippen LogP contribution in [0.1, 0.15) is 211 Å². The van der Waals surface area contributed by atoms with E-state index >= 15 is 0 Å². The van der Waals surface area contributed by atoms with Crippen LogP contribution >= 0.6 is 0 Å². The van der Waals surface area contributed by atoms with E-state index in [9.17, 15) is 24.0 Å². The van der Waals surface area contributed by atoms with Crippen LogP contribution in [0, 0.1) is 0 Å². The van der Waals surface area contributed by atoms with Gasteiger partial charge < -0.3 is 52.1 Å². The fraction of sp³-hybridized carbons (Fsp3) is 0.435. The summed E-state index contributed by atoms with van der Waals surface area (Å²) in [5.74, 6) is -0.894. The van der Waals surface area contributed by atoms with Gasteiger partial charge in [-0.15, -0.1) is 0 Å². The van der Waals surface area contributed by atoms with E-state index in [0.29, 0.717) is 131 Å². The zero-order valence-corrected chi connectivity index (χ0v) is 45.7. The Kier molecular flexibility index (Phi) is 14.8. The van der Waals surface area contributed by atoms with Crippen molar-refractivity contribution in [3.8, 4) is 46.0 Å². The molecule has 8 bridgehead atoms. The van der Waals surface area contributed by atoms with Gasteiger partial charge in [0.25, 0.3) is 11.8 Å². The minimum absolute atomic E-state index is 0.190. The normalized spacial score (nSPS) is 18.7. The van der Waals surface area contributed by atoms with Crippen LogP contribution in [0.15, 0.2) is 48.5 Å². The quantitative estimate of drug-likeness (QED) is 0.0515. The second-order valence-corrected chi connectivity index (χ2v) is 20.8. The lowest BCUT2D eigenvalue weighted by Crippen LogP contribution is -2.31. The van der Waals surface area contributed by atoms with Crippen molar-refractivity contribution in [3.05, 3.63) is 126 Å². The lowest BCUT2D eigenvalue weighted by Gasteiger charge is -2.37. The number of benzene rings is 5. The summed E-state index contributed by atoms with van der Waals surface area (Å²) in [5.41, 5.74) is 8.85. The summed E-state index contributed by atoms with van der Waals surface area (Å²) in [5, 5.41) is 0. The van der Waals surface area contributed by atoms with Gasteiger partial charge in [-0.2, -0.15) is 0 Å². The minimum Gasteiger partial charge on any atom is -0.461 e. The molecule has 0 saturated carbocycles. The van der Waals surface area contributed by atoms with Crippen LogP contribution in [-0.2, 0) is 55.0 Å². The molecule has 5 aliphatic heterocycles. The molecule has 0 fully saturated rings. The van der Waals surface area contributed by atoms with Gasteiger partial charge in [0, 0.05) is 89.0 Å². The van der Waals surface area contributed by atoms with Crippen molar-refractivity contribution in [2.45, 2.75) is 150 Å². The summed E-state index contributed by atoms with van der Waals surface area (Å²) in [6.07, 6.45) is 5.12. The van der Waals surface area contributed by atoms with Crippen LogP contribution < -0.4 is 37.9 Å². The molecule has 0 aromatic heterocycles. The number of amides is 2. The van der Waals surface area contributed by atoms with Crippen molar-refractivity contribution in [3.63, 3.8) is 0 Å². The van der Waals surface area contributed by atoms with E-state index in [4.69, 9.17) is 52.1 Å². The van der Waals surface area contributed by atoms with Crippen LogP contribution in [-0.4, -0.2) is 61.8 Å². The summed E-state index contributed by atoms with van der Waals surface area (Å²) in [4.78, 5) is 68.8. The summed E-state index contributed by atoms with van der Waals surface area (Å²) in [6.45, 7) is 10.4. The molecule has 0 radical (unpaired) electrons. The summed E-state index contributed by atoms with van der Waals surface area (Å²) in [6, 6.07) is 15.4. The lowest BCUT2D eigenvalue weighted by molar-refractivity contribution is -0.143. The molecule has 414 valence electrons. The zero-order chi connectivity index (χ0) is 55.2. The summed E-state index contributed by atoms with van der Waals surface area (Å²) >= 11 is 0. The third-order valence-corrected chi connectivity index (χ3v) is 15.9. The molecule has 2 amide bonds. The SMILES string of the molecule is CCC[C@@H]1c2cc3c4c(COC(C)=O)c2OCOc2c1cc1c(c2COC(C)=O)OCOc2c(cc5c(c2CN2C(=O)c6ccccc6C2=O)OCOc2c(cc(c(c2COC(C)=O)OCO4)[C@H]3CCC)[C@H]5CCC)[C@H]1CCC. The topological polar surface area (TPSA) is 190 Å². The molecule has 5 aromatic carbocycles. The van der Waals surface area contributed by atoms with Gasteiger partial charge in [0.2, 0.25) is 27.2 Å². The van der Waals surface area contributed by atoms with Crippen LogP contribution in [0.4, 0.5) is 0 Å². The van der Waals surface area contributed by atoms with E-state index in [-0.39, 0.29) is 53.5 Å². The zero-order valence-electron chi connectivity index (χ0n) is 45.7. The maximum atomic E-state index is 14.5. The number of hydrogen-bond acceptors (Lipinski definition) is 16. The van der Waals surface area contributed by atoms with Gasteiger partial charge in [0.15, 0.2) is 0 Å². The number of ether oxygens (including phenoxy) is 11. The van der Waals surface area contributed by atoms with E-state index in [2.05, 4.69) is 52.0 Å². The molecule has 17 nitrogen and oxygen atoms in total. The molecule has 0 spiro atoms. The second-order valence-electron chi connectivity index (χ2n) is 20.8. The third-order valence-electron chi connectivity index (χ3n) is 15.9. The first-order valence-electron chi connectivity index (χ1n) is 27.5. The fourth-order valence-electron chi connectivity index (χ4n) is 12.7. The maximum Gasteiger partial charge on any atom is 0.302 e. The van der Waals surface area contributed by atoms with E-state index < -0.39 is 53.4 Å². The Labute approximate surface area is 458 Å². The Morgan fingerprint density at radius 2 is 0.658 bits per heavy atom. The molecule has 1 aliphatic carbocycles. The number of hydrogen-bond donors (Lipinski definition) is 0. The summed E-state index contributed by atoms with van der Waals surface area (Å²) < 4.78 is 72.2. The highest BCUT2D eigenvalue weighted by atomic mass is 16.7. The van der Waals surface area contributed by atoms with Crippen LogP contribution in [0.3, 0.4) is 0 Å². The molecule has 0 unspecified atom stereocenters. The highest BCUT2D eigenvalue weighted by molar-refractivity contribution is 6.21. The number of esters is 3. The van der Waals surface area contributed by atoms with Crippen molar-refractivity contribution >= 4 is 29.7 Å². The number of imide groups is 1. The Bertz CT molecular complexity index is 3110. The van der Waals surface area contributed by atoms with Gasteiger partial charge in [-0.3, -0.25) is 28.9 Å². The highest BCUT2D eigenvalue weighted by Crippen LogP contribution is 2.59. The van der Waals surface area contributed by atoms with Gasteiger partial charge in [-0.05, 0) is 62.1 Å². The number of carbonyl (C=O) groups is 5. The Hall–Kier alpha value is -7.95. The number of nitrogens with zero attached hydrogens (tertiary/aromatic N) is 1. The van der Waals surface area contributed by atoms with Crippen molar-refractivity contribution in [2.75, 3.05) is 27.2 Å². The standard InChI is InChI=1S/C62H65NO16/c1-8-14-35-41-20-42-36(15-9-2)44-22-46-38(17-11-4)48-23-47-37(16-10-3)45-21-43(35)55-50(25-69-32(5)64)57(45)76-30-78-59(47)52(27-71-34(7)66)60(48)79-31-77-58(46)51(26-70-33(6)65)56(44)75-29-73-54(42)49(53(41)72-28-74-55)24-63-61(67)39-18-12-13-19-40(39)62(63)68/h12-13,18-23,35-38H,8-11,14-17,24-31H2,1-7H3/t35-,36+,37+,38-.